The Bertz CT molecular complexity index is 1730. The minimum Gasteiger partial charge on any atom is -0.444 e. The van der Waals surface area contributed by atoms with Crippen molar-refractivity contribution in [2.45, 2.75) is 59.0 Å². The minimum absolute atomic E-state index is 0.0134. The molecule has 0 aliphatic carbocycles. The van der Waals surface area contributed by atoms with Crippen molar-refractivity contribution in [1.82, 2.24) is 16.0 Å². The van der Waals surface area contributed by atoms with Gasteiger partial charge in [-0.2, -0.15) is 0 Å². The minimum atomic E-state index is -1.43. The molecule has 3 amide bonds. The van der Waals surface area contributed by atoms with Gasteiger partial charge in [-0.1, -0.05) is 84.9 Å². The number of carbonyl (C=O) groups is 4. The molecule has 0 aliphatic heterocycles. The standard InChI is InChI=1S/C36H38N4O8/c1-35(2,3)48-34(44)40-36(4,5)30(41)47-29-21-13-18-26-27(29)19-12-20-28(26)37-31(38-32(42)45-22-24-14-8-6-9-15-24)39-33(43)46-23-25-16-10-7-11-17-25/h6-21H,22-23H2,1-5H3,(H,40,44)(H2,37,38,39,42,43). The van der Waals surface area contributed by atoms with Crippen molar-refractivity contribution in [3.63, 3.8) is 0 Å². The van der Waals surface area contributed by atoms with E-state index in [-0.39, 0.29) is 24.9 Å². The molecule has 0 radical (unpaired) electrons. The number of nitrogens with zero attached hydrogens (tertiary/aromatic N) is 1. The molecule has 4 aromatic rings. The van der Waals surface area contributed by atoms with Crippen LogP contribution in [0.2, 0.25) is 0 Å². The van der Waals surface area contributed by atoms with E-state index in [4.69, 9.17) is 18.9 Å². The zero-order valence-corrected chi connectivity index (χ0v) is 27.4. The molecular formula is C36H38N4O8. The van der Waals surface area contributed by atoms with Crippen molar-refractivity contribution in [3.05, 3.63) is 108 Å². The molecule has 0 aliphatic rings. The van der Waals surface area contributed by atoms with Crippen LogP contribution in [-0.2, 0) is 32.2 Å². The Morgan fingerprint density at radius 1 is 0.625 bits per heavy atom. The number of esters is 1. The van der Waals surface area contributed by atoms with E-state index in [9.17, 15) is 19.2 Å². The summed E-state index contributed by atoms with van der Waals surface area (Å²) < 4.78 is 21.6. The number of hydrogen-bond donors (Lipinski definition) is 3. The zero-order chi connectivity index (χ0) is 34.7. The highest BCUT2D eigenvalue weighted by Gasteiger charge is 2.34. The van der Waals surface area contributed by atoms with E-state index in [1.54, 1.807) is 81.4 Å². The predicted octanol–water partition coefficient (Wildman–Crippen LogP) is 6.89. The number of hydrogen-bond acceptors (Lipinski definition) is 9. The number of amides is 3. The van der Waals surface area contributed by atoms with Gasteiger partial charge in [0.25, 0.3) is 0 Å². The van der Waals surface area contributed by atoms with Crippen molar-refractivity contribution in [1.29, 1.82) is 0 Å². The lowest BCUT2D eigenvalue weighted by molar-refractivity contribution is -0.140. The van der Waals surface area contributed by atoms with Crippen molar-refractivity contribution < 1.29 is 38.1 Å². The van der Waals surface area contributed by atoms with Gasteiger partial charge in [0.1, 0.15) is 30.1 Å². The van der Waals surface area contributed by atoms with Crippen LogP contribution < -0.4 is 20.7 Å². The molecule has 12 heteroatoms. The molecule has 0 aromatic heterocycles. The fraction of sp³-hybridized carbons (Fsp3) is 0.250. The molecule has 0 fully saturated rings. The third kappa shape index (κ3) is 10.6. The second kappa shape index (κ2) is 15.6. The second-order valence-electron chi connectivity index (χ2n) is 12.1. The molecular weight excluding hydrogens is 616 g/mol. The Labute approximate surface area is 278 Å². The number of nitrogens with one attached hydrogen (secondary N) is 3. The van der Waals surface area contributed by atoms with Gasteiger partial charge < -0.3 is 24.3 Å². The molecule has 0 spiro atoms. The van der Waals surface area contributed by atoms with Crippen LogP contribution in [0, 0.1) is 0 Å². The van der Waals surface area contributed by atoms with Crippen LogP contribution in [0.4, 0.5) is 20.1 Å². The number of guanidine groups is 1. The predicted molar refractivity (Wildman–Crippen MR) is 180 cm³/mol. The number of rotatable bonds is 8. The van der Waals surface area contributed by atoms with Gasteiger partial charge in [-0.15, -0.1) is 0 Å². The highest BCUT2D eigenvalue weighted by atomic mass is 16.6. The Morgan fingerprint density at radius 2 is 1.15 bits per heavy atom. The third-order valence-electron chi connectivity index (χ3n) is 6.48. The Morgan fingerprint density at radius 3 is 1.69 bits per heavy atom. The van der Waals surface area contributed by atoms with Gasteiger partial charge in [-0.25, -0.2) is 24.2 Å². The number of fused-ring (bicyclic) bond motifs is 1. The summed E-state index contributed by atoms with van der Waals surface area (Å²) in [5.41, 5.74) is -0.333. The van der Waals surface area contributed by atoms with Crippen LogP contribution in [0.3, 0.4) is 0 Å². The van der Waals surface area contributed by atoms with E-state index in [1.807, 2.05) is 36.4 Å². The van der Waals surface area contributed by atoms with Crippen molar-refractivity contribution in [2.75, 3.05) is 0 Å². The molecule has 0 atom stereocenters. The molecule has 48 heavy (non-hydrogen) atoms. The van der Waals surface area contributed by atoms with Crippen molar-refractivity contribution in [3.8, 4) is 5.75 Å². The van der Waals surface area contributed by atoms with Gasteiger partial charge in [0, 0.05) is 10.8 Å². The number of carbonyl (C=O) groups excluding carboxylic acids is 4. The van der Waals surface area contributed by atoms with E-state index in [2.05, 4.69) is 20.9 Å². The van der Waals surface area contributed by atoms with Gasteiger partial charge in [-0.3, -0.25) is 10.6 Å². The Balaban J connectivity index is 1.56. The average molecular weight is 655 g/mol. The maximum Gasteiger partial charge on any atom is 0.414 e. The maximum absolute atomic E-state index is 13.2. The zero-order valence-electron chi connectivity index (χ0n) is 27.4. The van der Waals surface area contributed by atoms with Crippen LogP contribution in [0.15, 0.2) is 102 Å². The molecule has 12 nitrogen and oxygen atoms in total. The third-order valence-corrected chi connectivity index (χ3v) is 6.48. The summed E-state index contributed by atoms with van der Waals surface area (Å²) >= 11 is 0. The van der Waals surface area contributed by atoms with E-state index >= 15 is 0 Å². The average Bonchev–Trinajstić information content (AvgIpc) is 3.03. The fourth-order valence-corrected chi connectivity index (χ4v) is 4.21. The summed E-state index contributed by atoms with van der Waals surface area (Å²) in [6.45, 7) is 8.11. The summed E-state index contributed by atoms with van der Waals surface area (Å²) in [5.74, 6) is -0.801. The number of aliphatic imine (C=N–C) groups is 1. The largest absolute Gasteiger partial charge is 0.444 e. The van der Waals surface area contributed by atoms with Gasteiger partial charge in [0.2, 0.25) is 5.96 Å². The lowest BCUT2D eigenvalue weighted by atomic mass is 10.1. The quantitative estimate of drug-likeness (QED) is 0.0610. The van der Waals surface area contributed by atoms with Gasteiger partial charge in [0.05, 0.1) is 5.69 Å². The van der Waals surface area contributed by atoms with E-state index in [0.717, 1.165) is 11.1 Å². The van der Waals surface area contributed by atoms with Gasteiger partial charge >= 0.3 is 24.2 Å². The molecule has 0 heterocycles. The molecule has 4 rings (SSSR count). The summed E-state index contributed by atoms with van der Waals surface area (Å²) in [4.78, 5) is 55.5. The van der Waals surface area contributed by atoms with Crippen LogP contribution in [0.5, 0.6) is 5.75 Å². The first-order chi connectivity index (χ1) is 22.8. The van der Waals surface area contributed by atoms with Crippen LogP contribution in [0.1, 0.15) is 45.7 Å². The van der Waals surface area contributed by atoms with Crippen LogP contribution >= 0.6 is 0 Å². The summed E-state index contributed by atoms with van der Waals surface area (Å²) in [6.07, 6.45) is -2.50. The lowest BCUT2D eigenvalue weighted by Crippen LogP contribution is -2.52. The smallest absolute Gasteiger partial charge is 0.414 e. The van der Waals surface area contributed by atoms with Crippen molar-refractivity contribution in [2.24, 2.45) is 4.99 Å². The highest BCUT2D eigenvalue weighted by Crippen LogP contribution is 2.33. The first-order valence-electron chi connectivity index (χ1n) is 15.1. The molecule has 3 N–H and O–H groups in total. The topological polar surface area (TPSA) is 154 Å². The number of benzene rings is 4. The van der Waals surface area contributed by atoms with Crippen molar-refractivity contribution >= 4 is 46.7 Å². The number of ether oxygens (including phenoxy) is 4. The molecule has 0 unspecified atom stereocenters. The summed E-state index contributed by atoms with van der Waals surface area (Å²) in [5, 5.41) is 8.50. The van der Waals surface area contributed by atoms with Gasteiger partial charge in [-0.05, 0) is 57.9 Å². The first kappa shape index (κ1) is 35.0. The van der Waals surface area contributed by atoms with E-state index in [1.165, 1.54) is 13.8 Å². The van der Waals surface area contributed by atoms with E-state index < -0.39 is 35.4 Å². The molecule has 4 aromatic carbocycles. The monoisotopic (exact) mass is 654 g/mol. The fourth-order valence-electron chi connectivity index (χ4n) is 4.21. The second-order valence-corrected chi connectivity index (χ2v) is 12.1. The SMILES string of the molecule is CC(C)(C)OC(=O)NC(C)(C)C(=O)Oc1cccc2c(N=C(NC(=O)OCc3ccccc3)NC(=O)OCc3ccccc3)cccc12. The van der Waals surface area contributed by atoms with E-state index in [0.29, 0.717) is 16.5 Å². The Kier molecular flexibility index (Phi) is 11.4. The summed E-state index contributed by atoms with van der Waals surface area (Å²) in [6, 6.07) is 28.2. The highest BCUT2D eigenvalue weighted by molar-refractivity contribution is 6.05. The molecule has 250 valence electrons. The number of alkyl carbamates (subject to hydrolysis) is 3. The lowest BCUT2D eigenvalue weighted by Gasteiger charge is -2.27. The molecule has 0 saturated carbocycles. The summed E-state index contributed by atoms with van der Waals surface area (Å²) in [7, 11) is 0. The van der Waals surface area contributed by atoms with Crippen LogP contribution in [-0.4, -0.2) is 41.3 Å². The first-order valence-corrected chi connectivity index (χ1v) is 15.1. The molecule has 0 bridgehead atoms. The molecule has 0 saturated heterocycles. The normalized spacial score (nSPS) is 11.1. The maximum atomic E-state index is 13.2. The van der Waals surface area contributed by atoms with Gasteiger partial charge in [0.15, 0.2) is 0 Å². The Hall–Kier alpha value is -5.91. The van der Waals surface area contributed by atoms with Crippen LogP contribution in [0.25, 0.3) is 10.8 Å².